The molecular weight excluding hydrogens is 292 g/mol. The Morgan fingerprint density at radius 2 is 1.83 bits per heavy atom. The molecule has 5 nitrogen and oxygen atoms in total. The van der Waals surface area contributed by atoms with Crippen LogP contribution in [0.4, 0.5) is 11.4 Å². The number of nitrogens with zero attached hydrogens (tertiary/aromatic N) is 1. The van der Waals surface area contributed by atoms with Crippen LogP contribution in [0, 0.1) is 10.1 Å². The maximum absolute atomic E-state index is 12.1. The highest BCUT2D eigenvalue weighted by Crippen LogP contribution is 2.42. The Morgan fingerprint density at radius 1 is 1.09 bits per heavy atom. The van der Waals surface area contributed by atoms with Crippen LogP contribution in [0.15, 0.2) is 36.4 Å². The number of nitro benzene ring substituents is 1. The molecule has 1 amide bonds. The highest BCUT2D eigenvalue weighted by atomic mass is 16.6. The number of carbonyl (C=O) groups is 1. The van der Waals surface area contributed by atoms with E-state index in [0.717, 1.165) is 30.5 Å². The van der Waals surface area contributed by atoms with Gasteiger partial charge in [-0.15, -0.1) is 0 Å². The van der Waals surface area contributed by atoms with Gasteiger partial charge in [0.15, 0.2) is 0 Å². The molecule has 0 saturated carbocycles. The van der Waals surface area contributed by atoms with Crippen LogP contribution in [-0.2, 0) is 17.6 Å². The summed E-state index contributed by atoms with van der Waals surface area (Å²) in [5.41, 5.74) is 5.10. The molecule has 1 aliphatic heterocycles. The third-order valence-corrected chi connectivity index (χ3v) is 4.81. The molecule has 0 bridgehead atoms. The lowest BCUT2D eigenvalue weighted by Gasteiger charge is -2.27. The molecule has 2 aromatic rings. The lowest BCUT2D eigenvalue weighted by Crippen LogP contribution is -2.24. The fourth-order valence-corrected chi connectivity index (χ4v) is 3.76. The zero-order chi connectivity index (χ0) is 16.0. The van der Waals surface area contributed by atoms with Gasteiger partial charge in [-0.05, 0) is 42.0 Å². The monoisotopic (exact) mass is 308 g/mol. The maximum atomic E-state index is 12.1. The zero-order valence-corrected chi connectivity index (χ0v) is 12.5. The van der Waals surface area contributed by atoms with E-state index in [1.54, 1.807) is 18.2 Å². The molecule has 2 aliphatic rings. The minimum atomic E-state index is -0.366. The first-order chi connectivity index (χ1) is 11.1. The van der Waals surface area contributed by atoms with Crippen molar-refractivity contribution in [1.82, 2.24) is 0 Å². The number of anilines is 1. The molecule has 1 aliphatic carbocycles. The Morgan fingerprint density at radius 3 is 2.61 bits per heavy atom. The summed E-state index contributed by atoms with van der Waals surface area (Å²) < 4.78 is 0. The van der Waals surface area contributed by atoms with Gasteiger partial charge < -0.3 is 5.32 Å². The van der Waals surface area contributed by atoms with Crippen LogP contribution in [0.1, 0.15) is 41.0 Å². The van der Waals surface area contributed by atoms with Crippen molar-refractivity contribution in [2.75, 3.05) is 5.32 Å². The fourth-order valence-electron chi connectivity index (χ4n) is 3.76. The van der Waals surface area contributed by atoms with Gasteiger partial charge in [0.25, 0.3) is 5.69 Å². The molecule has 0 radical (unpaired) electrons. The van der Waals surface area contributed by atoms with Crippen molar-refractivity contribution in [3.63, 3.8) is 0 Å². The topological polar surface area (TPSA) is 72.2 Å². The van der Waals surface area contributed by atoms with Gasteiger partial charge in [0.2, 0.25) is 5.91 Å². The van der Waals surface area contributed by atoms with Crippen molar-refractivity contribution in [3.05, 3.63) is 68.8 Å². The van der Waals surface area contributed by atoms with Crippen molar-refractivity contribution >= 4 is 17.3 Å². The molecule has 4 rings (SSSR count). The second-order valence-electron chi connectivity index (χ2n) is 6.18. The number of aryl methyl sites for hydroxylation is 2. The third kappa shape index (κ3) is 2.29. The second kappa shape index (κ2) is 5.19. The summed E-state index contributed by atoms with van der Waals surface area (Å²) in [4.78, 5) is 23.1. The molecule has 23 heavy (non-hydrogen) atoms. The Balaban J connectivity index is 1.89. The van der Waals surface area contributed by atoms with Gasteiger partial charge in [-0.3, -0.25) is 14.9 Å². The summed E-state index contributed by atoms with van der Waals surface area (Å²) in [6, 6.07) is 10.9. The average molecular weight is 308 g/mol. The van der Waals surface area contributed by atoms with E-state index in [2.05, 4.69) is 17.4 Å². The van der Waals surface area contributed by atoms with E-state index < -0.39 is 0 Å². The SMILES string of the molecule is O=C1CC(c2ccccc2[N+](=O)[O-])c2cc3c(cc2N1)CCC3. The zero-order valence-electron chi connectivity index (χ0n) is 12.5. The first-order valence-electron chi connectivity index (χ1n) is 7.82. The van der Waals surface area contributed by atoms with Crippen LogP contribution < -0.4 is 5.32 Å². The molecule has 0 aromatic heterocycles. The van der Waals surface area contributed by atoms with Crippen LogP contribution >= 0.6 is 0 Å². The van der Waals surface area contributed by atoms with E-state index in [-0.39, 0.29) is 28.9 Å². The lowest BCUT2D eigenvalue weighted by molar-refractivity contribution is -0.385. The average Bonchev–Trinajstić information content (AvgIpc) is 2.99. The highest BCUT2D eigenvalue weighted by molar-refractivity contribution is 5.95. The molecule has 0 saturated heterocycles. The summed E-state index contributed by atoms with van der Waals surface area (Å²) in [6.07, 6.45) is 3.45. The van der Waals surface area contributed by atoms with Crippen LogP contribution in [0.3, 0.4) is 0 Å². The number of fused-ring (bicyclic) bond motifs is 2. The van der Waals surface area contributed by atoms with Gasteiger partial charge in [0, 0.05) is 29.7 Å². The summed E-state index contributed by atoms with van der Waals surface area (Å²) >= 11 is 0. The van der Waals surface area contributed by atoms with Crippen LogP contribution in [-0.4, -0.2) is 10.8 Å². The van der Waals surface area contributed by atoms with Gasteiger partial charge in [0.1, 0.15) is 0 Å². The predicted octanol–water partition coefficient (Wildman–Crippen LogP) is 3.56. The van der Waals surface area contributed by atoms with Gasteiger partial charge in [-0.25, -0.2) is 0 Å². The molecule has 2 aromatic carbocycles. The van der Waals surface area contributed by atoms with Crippen LogP contribution in [0.5, 0.6) is 0 Å². The van der Waals surface area contributed by atoms with Crippen molar-refractivity contribution in [1.29, 1.82) is 0 Å². The number of amides is 1. The number of benzene rings is 2. The van der Waals surface area contributed by atoms with E-state index in [1.807, 2.05) is 0 Å². The minimum absolute atomic E-state index is 0.0821. The summed E-state index contributed by atoms with van der Waals surface area (Å²) in [6.45, 7) is 0. The first-order valence-corrected chi connectivity index (χ1v) is 7.82. The molecular formula is C18H16N2O3. The van der Waals surface area contributed by atoms with Gasteiger partial charge in [-0.2, -0.15) is 0 Å². The van der Waals surface area contributed by atoms with Crippen molar-refractivity contribution in [3.8, 4) is 0 Å². The summed E-state index contributed by atoms with van der Waals surface area (Å²) in [7, 11) is 0. The van der Waals surface area contributed by atoms with Crippen LogP contribution in [0.2, 0.25) is 0 Å². The standard InChI is InChI=1S/C18H16N2O3/c21-18-10-14(13-6-1-2-7-17(13)20(22)23)15-8-11-4-3-5-12(11)9-16(15)19-18/h1-2,6-9,14H,3-5,10H2,(H,19,21). The van der Waals surface area contributed by atoms with Crippen LogP contribution in [0.25, 0.3) is 0 Å². The smallest absolute Gasteiger partial charge is 0.273 e. The maximum Gasteiger partial charge on any atom is 0.273 e. The lowest BCUT2D eigenvalue weighted by atomic mass is 9.82. The normalized spacial score (nSPS) is 19.0. The van der Waals surface area contributed by atoms with Crippen molar-refractivity contribution in [2.45, 2.75) is 31.6 Å². The van der Waals surface area contributed by atoms with Crippen molar-refractivity contribution in [2.24, 2.45) is 0 Å². The van der Waals surface area contributed by atoms with Crippen molar-refractivity contribution < 1.29 is 9.72 Å². The predicted molar refractivity (Wildman–Crippen MR) is 86.7 cm³/mol. The molecule has 5 heteroatoms. The van der Waals surface area contributed by atoms with E-state index >= 15 is 0 Å². The summed E-state index contributed by atoms with van der Waals surface area (Å²) in [5.74, 6) is -0.343. The highest BCUT2D eigenvalue weighted by Gasteiger charge is 2.32. The Kier molecular flexibility index (Phi) is 3.15. The quantitative estimate of drug-likeness (QED) is 0.681. The minimum Gasteiger partial charge on any atom is -0.326 e. The third-order valence-electron chi connectivity index (χ3n) is 4.81. The largest absolute Gasteiger partial charge is 0.326 e. The Hall–Kier alpha value is -2.69. The van der Waals surface area contributed by atoms with Gasteiger partial charge >= 0.3 is 0 Å². The van der Waals surface area contributed by atoms with E-state index in [4.69, 9.17) is 0 Å². The molecule has 0 spiro atoms. The number of carbonyl (C=O) groups excluding carboxylic acids is 1. The second-order valence-corrected chi connectivity index (χ2v) is 6.18. The van der Waals surface area contributed by atoms with E-state index in [0.29, 0.717) is 5.56 Å². The van der Waals surface area contributed by atoms with Gasteiger partial charge in [0.05, 0.1) is 4.92 Å². The Bertz CT molecular complexity index is 829. The number of hydrogen-bond donors (Lipinski definition) is 1. The number of nitro groups is 1. The number of nitrogens with one attached hydrogen (secondary N) is 1. The number of rotatable bonds is 2. The van der Waals surface area contributed by atoms with Gasteiger partial charge in [-0.1, -0.05) is 24.3 Å². The number of hydrogen-bond acceptors (Lipinski definition) is 3. The van der Waals surface area contributed by atoms with E-state index in [9.17, 15) is 14.9 Å². The number of para-hydroxylation sites is 1. The summed E-state index contributed by atoms with van der Waals surface area (Å²) in [5, 5.41) is 14.3. The van der Waals surface area contributed by atoms with E-state index in [1.165, 1.54) is 17.2 Å². The molecule has 1 atom stereocenters. The molecule has 1 N–H and O–H groups in total. The molecule has 0 fully saturated rings. The fraction of sp³-hybridized carbons (Fsp3) is 0.278. The first kappa shape index (κ1) is 13.9. The molecule has 1 heterocycles. The molecule has 116 valence electrons. The molecule has 1 unspecified atom stereocenters. The Labute approximate surface area is 133 Å².